The molecule has 0 spiro atoms. The highest BCUT2D eigenvalue weighted by Gasteiger charge is 2.04. The largest absolute Gasteiger partial charge is 0.494 e. The summed E-state index contributed by atoms with van der Waals surface area (Å²) in [4.78, 5) is 12.2. The van der Waals surface area contributed by atoms with E-state index in [-0.39, 0.29) is 5.91 Å². The summed E-state index contributed by atoms with van der Waals surface area (Å²) >= 11 is 0. The van der Waals surface area contributed by atoms with Crippen LogP contribution < -0.4 is 10.2 Å². The van der Waals surface area contributed by atoms with Gasteiger partial charge in [0.05, 0.1) is 12.8 Å². The SMILES string of the molecule is CCCCCCOc1ccc(C(=O)NN=Cc2ccc(C)cc2C)cc1. The van der Waals surface area contributed by atoms with Crippen molar-refractivity contribution in [3.8, 4) is 5.75 Å². The third-order valence-electron chi connectivity index (χ3n) is 4.18. The zero-order valence-electron chi connectivity index (χ0n) is 15.9. The number of hydrazone groups is 1. The quantitative estimate of drug-likeness (QED) is 0.391. The van der Waals surface area contributed by atoms with Gasteiger partial charge >= 0.3 is 0 Å². The van der Waals surface area contributed by atoms with Crippen molar-refractivity contribution in [1.82, 2.24) is 5.43 Å². The Morgan fingerprint density at radius 1 is 1.08 bits per heavy atom. The molecule has 0 radical (unpaired) electrons. The molecule has 2 aromatic rings. The normalized spacial score (nSPS) is 10.9. The Morgan fingerprint density at radius 2 is 1.85 bits per heavy atom. The van der Waals surface area contributed by atoms with E-state index < -0.39 is 0 Å². The first-order valence-corrected chi connectivity index (χ1v) is 9.23. The zero-order chi connectivity index (χ0) is 18.8. The second-order valence-electron chi connectivity index (χ2n) is 6.49. The smallest absolute Gasteiger partial charge is 0.271 e. The highest BCUT2D eigenvalue weighted by atomic mass is 16.5. The van der Waals surface area contributed by atoms with Crippen molar-refractivity contribution in [2.75, 3.05) is 6.61 Å². The predicted molar refractivity (Wildman–Crippen MR) is 107 cm³/mol. The number of aryl methyl sites for hydroxylation is 2. The fourth-order valence-electron chi connectivity index (χ4n) is 2.62. The highest BCUT2D eigenvalue weighted by molar-refractivity contribution is 5.95. The Balaban J connectivity index is 1.82. The van der Waals surface area contributed by atoms with Crippen LogP contribution in [0.2, 0.25) is 0 Å². The maximum Gasteiger partial charge on any atom is 0.271 e. The van der Waals surface area contributed by atoms with Crippen LogP contribution in [0.5, 0.6) is 5.75 Å². The number of rotatable bonds is 9. The minimum Gasteiger partial charge on any atom is -0.494 e. The van der Waals surface area contributed by atoms with Gasteiger partial charge in [-0.25, -0.2) is 5.43 Å². The van der Waals surface area contributed by atoms with E-state index in [4.69, 9.17) is 4.74 Å². The number of carbonyl (C=O) groups excluding carboxylic acids is 1. The van der Waals surface area contributed by atoms with Gasteiger partial charge in [0.15, 0.2) is 0 Å². The van der Waals surface area contributed by atoms with E-state index in [1.165, 1.54) is 24.8 Å². The van der Waals surface area contributed by atoms with E-state index in [2.05, 4.69) is 23.5 Å². The number of nitrogens with one attached hydrogen (secondary N) is 1. The van der Waals surface area contributed by atoms with Crippen LogP contribution in [0.15, 0.2) is 47.6 Å². The summed E-state index contributed by atoms with van der Waals surface area (Å²) < 4.78 is 5.69. The molecule has 2 aromatic carbocycles. The fourth-order valence-corrected chi connectivity index (χ4v) is 2.62. The molecule has 0 saturated carbocycles. The minimum absolute atomic E-state index is 0.236. The maximum absolute atomic E-state index is 12.2. The highest BCUT2D eigenvalue weighted by Crippen LogP contribution is 2.13. The molecular formula is C22H28N2O2. The zero-order valence-corrected chi connectivity index (χ0v) is 15.9. The van der Waals surface area contributed by atoms with E-state index in [1.54, 1.807) is 18.3 Å². The van der Waals surface area contributed by atoms with Gasteiger partial charge in [-0.05, 0) is 55.7 Å². The van der Waals surface area contributed by atoms with Crippen LogP contribution >= 0.6 is 0 Å². The average molecular weight is 352 g/mol. The van der Waals surface area contributed by atoms with Gasteiger partial charge in [0, 0.05) is 5.56 Å². The summed E-state index contributed by atoms with van der Waals surface area (Å²) in [5.41, 5.74) is 6.44. The number of nitrogens with zero attached hydrogens (tertiary/aromatic N) is 1. The average Bonchev–Trinajstić information content (AvgIpc) is 2.64. The van der Waals surface area contributed by atoms with E-state index in [0.29, 0.717) is 12.2 Å². The van der Waals surface area contributed by atoms with Crippen molar-refractivity contribution < 1.29 is 9.53 Å². The maximum atomic E-state index is 12.2. The van der Waals surface area contributed by atoms with Crippen molar-refractivity contribution in [2.24, 2.45) is 5.10 Å². The Bertz CT molecular complexity index is 736. The van der Waals surface area contributed by atoms with Gasteiger partial charge in [0.25, 0.3) is 5.91 Å². The topological polar surface area (TPSA) is 50.7 Å². The minimum atomic E-state index is -0.236. The van der Waals surface area contributed by atoms with Crippen LogP contribution in [-0.2, 0) is 0 Å². The molecule has 138 valence electrons. The molecule has 0 aromatic heterocycles. The number of amides is 1. The molecule has 0 aliphatic rings. The molecule has 2 rings (SSSR count). The standard InChI is InChI=1S/C22H28N2O2/c1-4-5-6-7-14-26-21-12-10-19(11-13-21)22(25)24-23-16-20-9-8-17(2)15-18(20)3/h8-13,15-16H,4-7,14H2,1-3H3,(H,24,25). The lowest BCUT2D eigenvalue weighted by Crippen LogP contribution is -2.17. The van der Waals surface area contributed by atoms with Crippen molar-refractivity contribution in [2.45, 2.75) is 46.5 Å². The van der Waals surface area contributed by atoms with Crippen molar-refractivity contribution in [3.05, 3.63) is 64.7 Å². The van der Waals surface area contributed by atoms with Gasteiger partial charge < -0.3 is 4.74 Å². The Morgan fingerprint density at radius 3 is 2.54 bits per heavy atom. The van der Waals surface area contributed by atoms with Crippen LogP contribution in [0.3, 0.4) is 0 Å². The molecule has 0 unspecified atom stereocenters. The predicted octanol–water partition coefficient (Wildman–Crippen LogP) is 5.03. The number of benzene rings is 2. The number of hydrogen-bond donors (Lipinski definition) is 1. The molecule has 1 amide bonds. The first kappa shape index (κ1) is 19.7. The molecule has 0 heterocycles. The summed E-state index contributed by atoms with van der Waals surface area (Å²) in [5.74, 6) is 0.553. The lowest BCUT2D eigenvalue weighted by atomic mass is 10.1. The van der Waals surface area contributed by atoms with E-state index >= 15 is 0 Å². The Labute approximate surface area is 156 Å². The van der Waals surface area contributed by atoms with Crippen LogP contribution in [0.1, 0.15) is 59.7 Å². The second kappa shape index (κ2) is 10.4. The van der Waals surface area contributed by atoms with Crippen molar-refractivity contribution in [3.63, 3.8) is 0 Å². The Hall–Kier alpha value is -2.62. The molecule has 0 aliphatic heterocycles. The molecule has 4 nitrogen and oxygen atoms in total. The monoisotopic (exact) mass is 352 g/mol. The molecule has 0 aliphatic carbocycles. The van der Waals surface area contributed by atoms with E-state index in [1.807, 2.05) is 38.1 Å². The molecule has 0 bridgehead atoms. The third-order valence-corrected chi connectivity index (χ3v) is 4.18. The second-order valence-corrected chi connectivity index (χ2v) is 6.49. The summed E-state index contributed by atoms with van der Waals surface area (Å²) in [5, 5.41) is 4.05. The summed E-state index contributed by atoms with van der Waals surface area (Å²) in [6, 6.07) is 13.3. The number of hydrogen-bond acceptors (Lipinski definition) is 3. The lowest BCUT2D eigenvalue weighted by molar-refractivity contribution is 0.0955. The van der Waals surface area contributed by atoms with E-state index in [9.17, 15) is 4.79 Å². The van der Waals surface area contributed by atoms with Crippen LogP contribution in [0, 0.1) is 13.8 Å². The number of unbranched alkanes of at least 4 members (excludes halogenated alkanes) is 3. The molecule has 4 heteroatoms. The van der Waals surface area contributed by atoms with Gasteiger partial charge in [0.1, 0.15) is 5.75 Å². The van der Waals surface area contributed by atoms with Gasteiger partial charge in [-0.2, -0.15) is 5.10 Å². The van der Waals surface area contributed by atoms with Gasteiger partial charge in [0.2, 0.25) is 0 Å². The summed E-state index contributed by atoms with van der Waals surface area (Å²) in [6.07, 6.45) is 6.37. The lowest BCUT2D eigenvalue weighted by Gasteiger charge is -2.07. The van der Waals surface area contributed by atoms with Crippen LogP contribution in [0.25, 0.3) is 0 Å². The summed E-state index contributed by atoms with van der Waals surface area (Å²) in [7, 11) is 0. The molecule has 26 heavy (non-hydrogen) atoms. The Kier molecular flexibility index (Phi) is 7.87. The van der Waals surface area contributed by atoms with Gasteiger partial charge in [-0.1, -0.05) is 49.9 Å². The summed E-state index contributed by atoms with van der Waals surface area (Å²) in [6.45, 7) is 6.98. The third kappa shape index (κ3) is 6.36. The molecule has 0 atom stereocenters. The number of carbonyl (C=O) groups is 1. The van der Waals surface area contributed by atoms with Crippen molar-refractivity contribution >= 4 is 12.1 Å². The molecule has 0 fully saturated rings. The van der Waals surface area contributed by atoms with Gasteiger partial charge in [-0.3, -0.25) is 4.79 Å². The van der Waals surface area contributed by atoms with Crippen LogP contribution in [0.4, 0.5) is 0 Å². The number of ether oxygens (including phenoxy) is 1. The molecule has 0 saturated heterocycles. The van der Waals surface area contributed by atoms with Crippen molar-refractivity contribution in [1.29, 1.82) is 0 Å². The first-order chi connectivity index (χ1) is 12.6. The van der Waals surface area contributed by atoms with Crippen LogP contribution in [-0.4, -0.2) is 18.7 Å². The fraction of sp³-hybridized carbons (Fsp3) is 0.364. The molecular weight excluding hydrogens is 324 g/mol. The first-order valence-electron chi connectivity index (χ1n) is 9.23. The van der Waals surface area contributed by atoms with Gasteiger partial charge in [-0.15, -0.1) is 0 Å². The molecule has 1 N–H and O–H groups in total. The van der Waals surface area contributed by atoms with E-state index in [0.717, 1.165) is 23.3 Å².